The van der Waals surface area contributed by atoms with Gasteiger partial charge in [-0.05, 0) is 12.8 Å². The van der Waals surface area contributed by atoms with Gasteiger partial charge in [0.1, 0.15) is 0 Å². The summed E-state index contributed by atoms with van der Waals surface area (Å²) in [4.78, 5) is 11.8. The second-order valence-corrected chi connectivity index (χ2v) is 8.42. The topological polar surface area (TPSA) is 64.1 Å². The highest BCUT2D eigenvalue weighted by Crippen LogP contribution is 2.31. The first-order valence-corrected chi connectivity index (χ1v) is 9.10. The van der Waals surface area contributed by atoms with Gasteiger partial charge in [0.15, 0.2) is 8.68 Å². The van der Waals surface area contributed by atoms with E-state index in [-0.39, 0.29) is 11.2 Å². The smallest absolute Gasteiger partial charge is 0.233 e. The van der Waals surface area contributed by atoms with Gasteiger partial charge in [-0.2, -0.15) is 0 Å². The van der Waals surface area contributed by atoms with Gasteiger partial charge >= 0.3 is 0 Å². The van der Waals surface area contributed by atoms with Gasteiger partial charge in [0.05, 0.1) is 11.9 Å². The number of methoxy groups -OCH3 is 1. The number of carbonyl (C=O) groups excluding carboxylic acids is 1. The predicted molar refractivity (Wildman–Crippen MR) is 85.7 cm³/mol. The summed E-state index contributed by atoms with van der Waals surface area (Å²) < 4.78 is 6.70. The molecule has 0 radical (unpaired) electrons. The fraction of sp³-hybridized carbons (Fsp3) is 0.750. The summed E-state index contributed by atoms with van der Waals surface area (Å²) in [5.74, 6) is 1.66. The summed E-state index contributed by atoms with van der Waals surface area (Å²) >= 11 is 4.71. The number of nitrogens with zero attached hydrogens (tertiary/aromatic N) is 2. The second kappa shape index (κ2) is 9.59. The van der Waals surface area contributed by atoms with Crippen molar-refractivity contribution < 1.29 is 9.53 Å². The molecule has 0 spiro atoms. The van der Waals surface area contributed by atoms with Gasteiger partial charge in [-0.1, -0.05) is 48.7 Å². The lowest BCUT2D eigenvalue weighted by Crippen LogP contribution is -2.33. The summed E-state index contributed by atoms with van der Waals surface area (Å²) in [7, 11) is 1.61. The molecule has 20 heavy (non-hydrogen) atoms. The minimum Gasteiger partial charge on any atom is -0.383 e. The fourth-order valence-electron chi connectivity index (χ4n) is 1.17. The summed E-state index contributed by atoms with van der Waals surface area (Å²) in [5, 5.41) is 10.9. The number of hydrogen-bond donors (Lipinski definition) is 1. The largest absolute Gasteiger partial charge is 0.383 e. The molecule has 0 unspecified atom stereocenters. The molecule has 8 heteroatoms. The van der Waals surface area contributed by atoms with Crippen LogP contribution in [0.15, 0.2) is 8.68 Å². The van der Waals surface area contributed by atoms with E-state index in [1.807, 2.05) is 6.92 Å². The van der Waals surface area contributed by atoms with Crippen molar-refractivity contribution in [3.05, 3.63) is 0 Å². The van der Waals surface area contributed by atoms with Crippen molar-refractivity contribution in [1.29, 1.82) is 0 Å². The van der Waals surface area contributed by atoms with E-state index >= 15 is 0 Å². The summed E-state index contributed by atoms with van der Waals surface area (Å²) in [6.07, 6.45) is 0. The molecular formula is C12H21N3O2S3. The van der Waals surface area contributed by atoms with Crippen molar-refractivity contribution in [2.45, 2.75) is 34.7 Å². The van der Waals surface area contributed by atoms with Gasteiger partial charge in [0.25, 0.3) is 0 Å². The number of carbonyl (C=O) groups is 1. The Morgan fingerprint density at radius 2 is 2.05 bits per heavy atom. The third-order valence-corrected chi connectivity index (χ3v) is 5.85. The SMILES string of the molecule is COCCNC(=O)[C@H](C)Sc1nnc(SCC(C)C)s1. The molecule has 1 heterocycles. The second-order valence-electron chi connectivity index (χ2n) is 4.58. The van der Waals surface area contributed by atoms with Crippen LogP contribution in [0.4, 0.5) is 0 Å². The van der Waals surface area contributed by atoms with Crippen LogP contribution >= 0.6 is 34.9 Å². The van der Waals surface area contributed by atoms with Crippen LogP contribution in [0.1, 0.15) is 20.8 Å². The first-order chi connectivity index (χ1) is 9.52. The number of thioether (sulfide) groups is 2. The molecule has 1 aromatic rings. The van der Waals surface area contributed by atoms with Crippen LogP contribution in [-0.4, -0.2) is 47.4 Å². The summed E-state index contributed by atoms with van der Waals surface area (Å²) in [5.41, 5.74) is 0. The number of nitrogens with one attached hydrogen (secondary N) is 1. The number of amides is 1. The van der Waals surface area contributed by atoms with Gasteiger partial charge in [-0.3, -0.25) is 4.79 Å². The van der Waals surface area contributed by atoms with Crippen molar-refractivity contribution >= 4 is 40.8 Å². The highest BCUT2D eigenvalue weighted by Gasteiger charge is 2.16. The molecule has 0 aliphatic heterocycles. The first kappa shape index (κ1) is 17.7. The lowest BCUT2D eigenvalue weighted by atomic mass is 10.3. The molecule has 0 saturated heterocycles. The van der Waals surface area contributed by atoms with Crippen LogP contribution < -0.4 is 5.32 Å². The Kier molecular flexibility index (Phi) is 8.51. The Morgan fingerprint density at radius 3 is 2.70 bits per heavy atom. The lowest BCUT2D eigenvalue weighted by molar-refractivity contribution is -0.120. The molecule has 0 saturated carbocycles. The van der Waals surface area contributed by atoms with Crippen molar-refractivity contribution in [1.82, 2.24) is 15.5 Å². The van der Waals surface area contributed by atoms with Crippen LogP contribution in [0.25, 0.3) is 0 Å². The maximum atomic E-state index is 11.8. The van der Waals surface area contributed by atoms with E-state index in [0.717, 1.165) is 14.4 Å². The molecule has 1 amide bonds. The highest BCUT2D eigenvalue weighted by atomic mass is 32.2. The lowest BCUT2D eigenvalue weighted by Gasteiger charge is -2.09. The average molecular weight is 336 g/mol. The van der Waals surface area contributed by atoms with Crippen LogP contribution in [0, 0.1) is 5.92 Å². The molecule has 0 fully saturated rings. The molecule has 1 N–H and O–H groups in total. The van der Waals surface area contributed by atoms with E-state index < -0.39 is 0 Å². The quantitative estimate of drug-likeness (QED) is 0.553. The van der Waals surface area contributed by atoms with Crippen LogP contribution in [-0.2, 0) is 9.53 Å². The normalized spacial score (nSPS) is 12.7. The van der Waals surface area contributed by atoms with E-state index in [0.29, 0.717) is 19.1 Å². The Balaban J connectivity index is 2.37. The van der Waals surface area contributed by atoms with Crippen molar-refractivity contribution in [2.24, 2.45) is 5.92 Å². The van der Waals surface area contributed by atoms with Gasteiger partial charge in [0, 0.05) is 19.4 Å². The molecular weight excluding hydrogens is 314 g/mol. The number of rotatable bonds is 9. The van der Waals surface area contributed by atoms with Crippen molar-refractivity contribution in [2.75, 3.05) is 26.0 Å². The first-order valence-electron chi connectivity index (χ1n) is 6.42. The Bertz CT molecular complexity index is 412. The van der Waals surface area contributed by atoms with Crippen molar-refractivity contribution in [3.8, 4) is 0 Å². The summed E-state index contributed by atoms with van der Waals surface area (Å²) in [6.45, 7) is 7.28. The molecule has 0 aliphatic rings. The van der Waals surface area contributed by atoms with E-state index in [4.69, 9.17) is 4.74 Å². The molecule has 5 nitrogen and oxygen atoms in total. The molecule has 0 bridgehead atoms. The number of aromatic nitrogens is 2. The fourth-order valence-corrected chi connectivity index (χ4v) is 4.33. The van der Waals surface area contributed by atoms with Crippen molar-refractivity contribution in [3.63, 3.8) is 0 Å². The standard InChI is InChI=1S/C12H21N3O2S3/c1-8(2)7-18-11-14-15-12(20-11)19-9(3)10(16)13-5-6-17-4/h8-9H,5-7H2,1-4H3,(H,13,16)/t9-/m0/s1. The minimum atomic E-state index is -0.178. The zero-order chi connectivity index (χ0) is 15.0. The average Bonchev–Trinajstić information content (AvgIpc) is 2.84. The van der Waals surface area contributed by atoms with Crippen LogP contribution in [0.5, 0.6) is 0 Å². The maximum absolute atomic E-state index is 11.8. The molecule has 114 valence electrons. The van der Waals surface area contributed by atoms with E-state index in [9.17, 15) is 4.79 Å². The van der Waals surface area contributed by atoms with Crippen LogP contribution in [0.2, 0.25) is 0 Å². The van der Waals surface area contributed by atoms with Crippen LogP contribution in [0.3, 0.4) is 0 Å². The third kappa shape index (κ3) is 6.92. The Morgan fingerprint density at radius 1 is 1.35 bits per heavy atom. The Labute approximate surface area is 132 Å². The molecule has 1 aromatic heterocycles. The third-order valence-electron chi connectivity index (χ3n) is 2.18. The highest BCUT2D eigenvalue weighted by molar-refractivity contribution is 8.03. The number of ether oxygens (including phenoxy) is 1. The van der Waals surface area contributed by atoms with E-state index in [2.05, 4.69) is 29.4 Å². The Hall–Kier alpha value is -0.310. The van der Waals surface area contributed by atoms with Gasteiger partial charge in [-0.15, -0.1) is 10.2 Å². The molecule has 0 aromatic carbocycles. The number of hydrogen-bond acceptors (Lipinski definition) is 7. The maximum Gasteiger partial charge on any atom is 0.233 e. The zero-order valence-corrected chi connectivity index (χ0v) is 14.7. The van der Waals surface area contributed by atoms with E-state index in [1.54, 1.807) is 30.2 Å². The molecule has 1 rings (SSSR count). The minimum absolute atomic E-state index is 0.00127. The van der Waals surface area contributed by atoms with Gasteiger partial charge in [0.2, 0.25) is 5.91 Å². The zero-order valence-electron chi connectivity index (χ0n) is 12.2. The molecule has 1 atom stereocenters. The summed E-state index contributed by atoms with van der Waals surface area (Å²) in [6, 6.07) is 0. The van der Waals surface area contributed by atoms with Gasteiger partial charge in [-0.25, -0.2) is 0 Å². The molecule has 0 aliphatic carbocycles. The monoisotopic (exact) mass is 335 g/mol. The predicted octanol–water partition coefficient (Wildman–Crippen LogP) is 2.53. The van der Waals surface area contributed by atoms with E-state index in [1.165, 1.54) is 11.8 Å². The van der Waals surface area contributed by atoms with Gasteiger partial charge < -0.3 is 10.1 Å².